The van der Waals surface area contributed by atoms with Crippen molar-refractivity contribution in [3.8, 4) is 0 Å². The highest BCUT2D eigenvalue weighted by molar-refractivity contribution is 9.10. The van der Waals surface area contributed by atoms with Gasteiger partial charge in [-0.15, -0.1) is 0 Å². The Morgan fingerprint density at radius 1 is 1.47 bits per heavy atom. The van der Waals surface area contributed by atoms with Crippen molar-refractivity contribution in [3.05, 3.63) is 39.6 Å². The second-order valence-corrected chi connectivity index (χ2v) is 4.45. The molecular formula is C10H8BrClN2O. The van der Waals surface area contributed by atoms with Crippen molar-refractivity contribution in [1.29, 1.82) is 0 Å². The molecule has 3 nitrogen and oxygen atoms in total. The second-order valence-electron chi connectivity index (χ2n) is 3.17. The SMILES string of the molecule is O=C(c1cc(Br)cnc1Cl)N1CC=CC1. The van der Waals surface area contributed by atoms with Crippen LogP contribution in [0.5, 0.6) is 0 Å². The average molecular weight is 288 g/mol. The summed E-state index contributed by atoms with van der Waals surface area (Å²) in [5, 5.41) is 0.245. The van der Waals surface area contributed by atoms with Crippen molar-refractivity contribution in [2.75, 3.05) is 13.1 Å². The van der Waals surface area contributed by atoms with E-state index < -0.39 is 0 Å². The topological polar surface area (TPSA) is 33.2 Å². The number of carbonyl (C=O) groups excluding carboxylic acids is 1. The summed E-state index contributed by atoms with van der Waals surface area (Å²) in [6.07, 6.45) is 5.48. The molecular weight excluding hydrogens is 279 g/mol. The third-order valence-electron chi connectivity index (χ3n) is 2.14. The maximum absolute atomic E-state index is 12.0. The second kappa shape index (κ2) is 4.33. The molecule has 2 heterocycles. The number of pyridine rings is 1. The number of hydrogen-bond acceptors (Lipinski definition) is 2. The molecule has 0 aromatic carbocycles. The Hall–Kier alpha value is -0.870. The van der Waals surface area contributed by atoms with Crippen LogP contribution in [-0.2, 0) is 0 Å². The van der Waals surface area contributed by atoms with Gasteiger partial charge in [-0.05, 0) is 22.0 Å². The predicted octanol–water partition coefficient (Wildman–Crippen LogP) is 2.51. The quantitative estimate of drug-likeness (QED) is 0.587. The van der Waals surface area contributed by atoms with Gasteiger partial charge in [-0.1, -0.05) is 23.8 Å². The van der Waals surface area contributed by atoms with E-state index in [0.717, 1.165) is 4.47 Å². The summed E-state index contributed by atoms with van der Waals surface area (Å²) in [6.45, 7) is 1.28. The van der Waals surface area contributed by atoms with Gasteiger partial charge in [0.2, 0.25) is 0 Å². The summed E-state index contributed by atoms with van der Waals surface area (Å²) in [6, 6.07) is 1.69. The Labute approximate surface area is 101 Å². The molecule has 0 aliphatic carbocycles. The largest absolute Gasteiger partial charge is 0.331 e. The number of carbonyl (C=O) groups is 1. The number of rotatable bonds is 1. The molecule has 2 rings (SSSR count). The molecule has 0 saturated carbocycles. The van der Waals surface area contributed by atoms with Crippen molar-refractivity contribution in [3.63, 3.8) is 0 Å². The van der Waals surface area contributed by atoms with Gasteiger partial charge in [0.05, 0.1) is 5.56 Å². The van der Waals surface area contributed by atoms with Gasteiger partial charge in [-0.2, -0.15) is 0 Å². The van der Waals surface area contributed by atoms with Crippen LogP contribution in [0.3, 0.4) is 0 Å². The number of hydrogen-bond donors (Lipinski definition) is 0. The minimum atomic E-state index is -0.0844. The van der Waals surface area contributed by atoms with E-state index in [1.54, 1.807) is 17.2 Å². The van der Waals surface area contributed by atoms with Crippen molar-refractivity contribution >= 4 is 33.4 Å². The van der Waals surface area contributed by atoms with Crippen LogP contribution in [0.15, 0.2) is 28.9 Å². The molecule has 0 atom stereocenters. The molecule has 0 fully saturated rings. The number of nitrogens with zero attached hydrogens (tertiary/aromatic N) is 2. The first-order valence-corrected chi connectivity index (χ1v) is 5.61. The molecule has 1 aliphatic heterocycles. The summed E-state index contributed by atoms with van der Waals surface area (Å²) in [7, 11) is 0. The first kappa shape index (κ1) is 10.6. The zero-order valence-corrected chi connectivity index (χ0v) is 10.1. The van der Waals surface area contributed by atoms with Gasteiger partial charge in [0.15, 0.2) is 0 Å². The van der Waals surface area contributed by atoms with E-state index in [1.807, 2.05) is 12.2 Å². The van der Waals surface area contributed by atoms with Crippen LogP contribution < -0.4 is 0 Å². The van der Waals surface area contributed by atoms with Gasteiger partial charge in [0.1, 0.15) is 5.15 Å². The van der Waals surface area contributed by atoms with Gasteiger partial charge in [-0.3, -0.25) is 4.79 Å². The van der Waals surface area contributed by atoms with Gasteiger partial charge in [-0.25, -0.2) is 4.98 Å². The summed E-state index contributed by atoms with van der Waals surface area (Å²) in [5.41, 5.74) is 0.440. The molecule has 1 aromatic rings. The molecule has 1 aliphatic rings. The number of aromatic nitrogens is 1. The van der Waals surface area contributed by atoms with Gasteiger partial charge < -0.3 is 4.90 Å². The van der Waals surface area contributed by atoms with E-state index in [2.05, 4.69) is 20.9 Å². The maximum atomic E-state index is 12.0. The Bertz CT molecular complexity index is 425. The van der Waals surface area contributed by atoms with E-state index >= 15 is 0 Å². The lowest BCUT2D eigenvalue weighted by atomic mass is 10.2. The molecule has 0 N–H and O–H groups in total. The number of halogens is 2. The minimum Gasteiger partial charge on any atom is -0.331 e. The minimum absolute atomic E-state index is 0.0844. The first-order valence-electron chi connectivity index (χ1n) is 4.44. The molecule has 0 radical (unpaired) electrons. The van der Waals surface area contributed by atoms with E-state index in [-0.39, 0.29) is 11.1 Å². The monoisotopic (exact) mass is 286 g/mol. The normalized spacial score (nSPS) is 14.7. The third kappa shape index (κ3) is 2.21. The zero-order valence-electron chi connectivity index (χ0n) is 7.78. The molecule has 1 amide bonds. The highest BCUT2D eigenvalue weighted by Gasteiger charge is 2.19. The van der Waals surface area contributed by atoms with Crippen LogP contribution in [0.2, 0.25) is 5.15 Å². The Morgan fingerprint density at radius 2 is 2.13 bits per heavy atom. The Balaban J connectivity index is 2.28. The Morgan fingerprint density at radius 3 is 2.80 bits per heavy atom. The molecule has 0 saturated heterocycles. The molecule has 5 heteroatoms. The van der Waals surface area contributed by atoms with E-state index in [1.165, 1.54) is 0 Å². The van der Waals surface area contributed by atoms with Crippen molar-refractivity contribution < 1.29 is 4.79 Å². The van der Waals surface area contributed by atoms with Gasteiger partial charge >= 0.3 is 0 Å². The van der Waals surface area contributed by atoms with Gasteiger partial charge in [0, 0.05) is 23.8 Å². The van der Waals surface area contributed by atoms with Crippen LogP contribution in [0, 0.1) is 0 Å². The lowest BCUT2D eigenvalue weighted by molar-refractivity contribution is 0.0799. The van der Waals surface area contributed by atoms with Crippen LogP contribution >= 0.6 is 27.5 Å². The summed E-state index contributed by atoms with van der Waals surface area (Å²) in [4.78, 5) is 17.6. The fourth-order valence-corrected chi connectivity index (χ4v) is 1.90. The van der Waals surface area contributed by atoms with Crippen molar-refractivity contribution in [2.45, 2.75) is 0 Å². The van der Waals surface area contributed by atoms with Gasteiger partial charge in [0.25, 0.3) is 5.91 Å². The standard InChI is InChI=1S/C10H8BrClN2O/c11-7-5-8(9(12)13-6-7)10(15)14-3-1-2-4-14/h1-2,5-6H,3-4H2. The third-order valence-corrected chi connectivity index (χ3v) is 2.88. The van der Waals surface area contributed by atoms with Crippen LogP contribution in [0.4, 0.5) is 0 Å². The van der Waals surface area contributed by atoms with Crippen LogP contribution in [0.1, 0.15) is 10.4 Å². The maximum Gasteiger partial charge on any atom is 0.257 e. The smallest absolute Gasteiger partial charge is 0.257 e. The highest BCUT2D eigenvalue weighted by Crippen LogP contribution is 2.20. The summed E-state index contributed by atoms with van der Waals surface area (Å²) >= 11 is 9.14. The average Bonchev–Trinajstić information content (AvgIpc) is 2.74. The molecule has 1 aromatic heterocycles. The molecule has 0 spiro atoms. The lowest BCUT2D eigenvalue weighted by Crippen LogP contribution is -2.28. The van der Waals surface area contributed by atoms with E-state index in [0.29, 0.717) is 18.7 Å². The lowest BCUT2D eigenvalue weighted by Gasteiger charge is -2.15. The molecule has 0 unspecified atom stereocenters. The van der Waals surface area contributed by atoms with E-state index in [4.69, 9.17) is 11.6 Å². The highest BCUT2D eigenvalue weighted by atomic mass is 79.9. The van der Waals surface area contributed by atoms with Crippen molar-refractivity contribution in [2.24, 2.45) is 0 Å². The first-order chi connectivity index (χ1) is 7.18. The fraction of sp³-hybridized carbons (Fsp3) is 0.200. The van der Waals surface area contributed by atoms with Crippen LogP contribution in [-0.4, -0.2) is 28.9 Å². The van der Waals surface area contributed by atoms with Crippen molar-refractivity contribution in [1.82, 2.24) is 9.88 Å². The fourth-order valence-electron chi connectivity index (χ4n) is 1.39. The number of amides is 1. The predicted molar refractivity (Wildman–Crippen MR) is 62.0 cm³/mol. The molecule has 78 valence electrons. The van der Waals surface area contributed by atoms with E-state index in [9.17, 15) is 4.79 Å². The summed E-state index contributed by atoms with van der Waals surface area (Å²) < 4.78 is 0.752. The summed E-state index contributed by atoms with van der Waals surface area (Å²) in [5.74, 6) is -0.0844. The van der Waals surface area contributed by atoms with Crippen LogP contribution in [0.25, 0.3) is 0 Å². The zero-order chi connectivity index (χ0) is 10.8. The molecule has 15 heavy (non-hydrogen) atoms. The Kier molecular flexibility index (Phi) is 3.07. The molecule has 0 bridgehead atoms.